The first kappa shape index (κ1) is 9.06. The lowest BCUT2D eigenvalue weighted by molar-refractivity contribution is 0.554. The number of benzene rings is 1. The van der Waals surface area contributed by atoms with E-state index in [0.29, 0.717) is 11.5 Å². The van der Waals surface area contributed by atoms with Crippen molar-refractivity contribution in [3.63, 3.8) is 0 Å². The van der Waals surface area contributed by atoms with Gasteiger partial charge in [-0.15, -0.1) is 0 Å². The molecule has 0 amide bonds. The summed E-state index contributed by atoms with van der Waals surface area (Å²) >= 11 is 0. The molecule has 0 aliphatic carbocycles. The van der Waals surface area contributed by atoms with Crippen LogP contribution in [0.2, 0.25) is 0 Å². The van der Waals surface area contributed by atoms with Gasteiger partial charge in [0.15, 0.2) is 5.58 Å². The lowest BCUT2D eigenvalue weighted by atomic mass is 9.98. The van der Waals surface area contributed by atoms with Crippen molar-refractivity contribution in [2.45, 2.75) is 26.7 Å². The first-order valence-corrected chi connectivity index (χ1v) is 4.71. The summed E-state index contributed by atoms with van der Waals surface area (Å²) in [6.07, 6.45) is 0. The molecule has 2 aromatic rings. The molecule has 0 unspecified atom stereocenters. The highest BCUT2D eigenvalue weighted by Gasteiger charge is 2.08. The van der Waals surface area contributed by atoms with Crippen LogP contribution in [0.5, 0.6) is 0 Å². The molecule has 0 bridgehead atoms. The standard InChI is InChI=1S/C11H13NO2/c1-6(2)8-5-10-9(4-7(8)3)12-11(13)14-10/h4-6H,1-3H3,(H,12,13). The topological polar surface area (TPSA) is 46.0 Å². The van der Waals surface area contributed by atoms with Crippen molar-refractivity contribution >= 4 is 11.1 Å². The molecule has 0 radical (unpaired) electrons. The summed E-state index contributed by atoms with van der Waals surface area (Å²) in [5.74, 6) is 0.0555. The van der Waals surface area contributed by atoms with Crippen LogP contribution in [0, 0.1) is 6.92 Å². The average molecular weight is 191 g/mol. The molecular formula is C11H13NO2. The van der Waals surface area contributed by atoms with Gasteiger partial charge < -0.3 is 4.42 Å². The minimum Gasteiger partial charge on any atom is -0.408 e. The third kappa shape index (κ3) is 1.35. The number of H-pyrrole nitrogens is 1. The molecule has 14 heavy (non-hydrogen) atoms. The van der Waals surface area contributed by atoms with Crippen molar-refractivity contribution in [1.29, 1.82) is 0 Å². The second-order valence-corrected chi connectivity index (χ2v) is 3.87. The average Bonchev–Trinajstić information content (AvgIpc) is 2.42. The van der Waals surface area contributed by atoms with Gasteiger partial charge in [-0.05, 0) is 36.1 Å². The van der Waals surface area contributed by atoms with Crippen LogP contribution < -0.4 is 5.76 Å². The van der Waals surface area contributed by atoms with Crippen LogP contribution in [0.15, 0.2) is 21.3 Å². The minimum absolute atomic E-state index is 0.389. The van der Waals surface area contributed by atoms with E-state index in [4.69, 9.17) is 4.42 Å². The van der Waals surface area contributed by atoms with Crippen molar-refractivity contribution in [3.05, 3.63) is 33.8 Å². The van der Waals surface area contributed by atoms with Crippen LogP contribution in [0.3, 0.4) is 0 Å². The van der Waals surface area contributed by atoms with Gasteiger partial charge in [0.2, 0.25) is 0 Å². The van der Waals surface area contributed by atoms with E-state index in [1.54, 1.807) is 0 Å². The highest BCUT2D eigenvalue weighted by molar-refractivity contribution is 5.74. The van der Waals surface area contributed by atoms with Gasteiger partial charge >= 0.3 is 5.76 Å². The molecule has 3 heteroatoms. The van der Waals surface area contributed by atoms with Crippen LogP contribution in [0.1, 0.15) is 30.9 Å². The summed E-state index contributed by atoms with van der Waals surface area (Å²) in [4.78, 5) is 13.6. The Morgan fingerprint density at radius 2 is 2.07 bits per heavy atom. The zero-order valence-corrected chi connectivity index (χ0v) is 8.55. The van der Waals surface area contributed by atoms with Gasteiger partial charge in [0.1, 0.15) is 0 Å². The number of aryl methyl sites for hydroxylation is 1. The van der Waals surface area contributed by atoms with E-state index in [1.165, 1.54) is 11.1 Å². The SMILES string of the molecule is Cc1cc2[nH]c(=O)oc2cc1C(C)C. The van der Waals surface area contributed by atoms with Crippen LogP contribution in [-0.4, -0.2) is 4.98 Å². The lowest BCUT2D eigenvalue weighted by Crippen LogP contribution is -1.93. The van der Waals surface area contributed by atoms with Crippen LogP contribution in [0.25, 0.3) is 11.1 Å². The summed E-state index contributed by atoms with van der Waals surface area (Å²) in [7, 11) is 0. The van der Waals surface area contributed by atoms with E-state index in [9.17, 15) is 4.79 Å². The van der Waals surface area contributed by atoms with Crippen molar-refractivity contribution in [1.82, 2.24) is 4.98 Å². The maximum Gasteiger partial charge on any atom is 0.417 e. The Bertz CT molecular complexity index is 520. The molecule has 74 valence electrons. The zero-order valence-electron chi connectivity index (χ0n) is 8.55. The summed E-state index contributed by atoms with van der Waals surface area (Å²) in [6.45, 7) is 6.29. The predicted molar refractivity (Wildman–Crippen MR) is 55.7 cm³/mol. The van der Waals surface area contributed by atoms with Gasteiger partial charge in [-0.1, -0.05) is 13.8 Å². The number of oxazole rings is 1. The predicted octanol–water partition coefficient (Wildman–Crippen LogP) is 2.55. The van der Waals surface area contributed by atoms with Crippen molar-refractivity contribution in [2.75, 3.05) is 0 Å². The molecule has 0 aliphatic heterocycles. The van der Waals surface area contributed by atoms with Gasteiger partial charge in [0.05, 0.1) is 5.52 Å². The van der Waals surface area contributed by atoms with Crippen LogP contribution in [0.4, 0.5) is 0 Å². The summed E-state index contributed by atoms with van der Waals surface area (Å²) in [5.41, 5.74) is 3.83. The van der Waals surface area contributed by atoms with Crippen LogP contribution >= 0.6 is 0 Å². The number of aromatic nitrogens is 1. The van der Waals surface area contributed by atoms with Crippen LogP contribution in [-0.2, 0) is 0 Å². The van der Waals surface area contributed by atoms with Gasteiger partial charge in [-0.2, -0.15) is 0 Å². The summed E-state index contributed by atoms with van der Waals surface area (Å²) in [6, 6.07) is 3.89. The normalized spacial score (nSPS) is 11.4. The van der Waals surface area contributed by atoms with Gasteiger partial charge in [-0.25, -0.2) is 4.79 Å². The summed E-state index contributed by atoms with van der Waals surface area (Å²) < 4.78 is 5.00. The van der Waals surface area contributed by atoms with E-state index in [2.05, 4.69) is 18.8 Å². The summed E-state index contributed by atoms with van der Waals surface area (Å²) in [5, 5.41) is 0. The quantitative estimate of drug-likeness (QED) is 0.752. The molecule has 0 fully saturated rings. The molecule has 0 atom stereocenters. The number of nitrogens with one attached hydrogen (secondary N) is 1. The number of fused-ring (bicyclic) bond motifs is 1. The fourth-order valence-electron chi connectivity index (χ4n) is 1.74. The second-order valence-electron chi connectivity index (χ2n) is 3.87. The van der Waals surface area contributed by atoms with Crippen molar-refractivity contribution in [3.8, 4) is 0 Å². The van der Waals surface area contributed by atoms with Crippen molar-refractivity contribution < 1.29 is 4.42 Å². The van der Waals surface area contributed by atoms with Gasteiger partial charge in [0, 0.05) is 0 Å². The molecule has 1 aromatic carbocycles. The number of hydrogen-bond donors (Lipinski definition) is 1. The van der Waals surface area contributed by atoms with Gasteiger partial charge in [0.25, 0.3) is 0 Å². The second kappa shape index (κ2) is 3.01. The monoisotopic (exact) mass is 191 g/mol. The Morgan fingerprint density at radius 3 is 2.71 bits per heavy atom. The number of rotatable bonds is 1. The maximum atomic E-state index is 11.0. The molecule has 1 N–H and O–H groups in total. The number of aromatic amines is 1. The van der Waals surface area contributed by atoms with E-state index < -0.39 is 0 Å². The smallest absolute Gasteiger partial charge is 0.408 e. The first-order valence-electron chi connectivity index (χ1n) is 4.71. The molecule has 2 rings (SSSR count). The minimum atomic E-state index is -0.389. The molecule has 0 saturated heterocycles. The zero-order chi connectivity index (χ0) is 10.3. The maximum absolute atomic E-state index is 11.0. The molecule has 0 spiro atoms. The Labute approximate surface area is 81.7 Å². The highest BCUT2D eigenvalue weighted by Crippen LogP contribution is 2.23. The largest absolute Gasteiger partial charge is 0.417 e. The number of hydrogen-bond acceptors (Lipinski definition) is 2. The van der Waals surface area contributed by atoms with E-state index in [-0.39, 0.29) is 5.76 Å². The molecule has 1 aromatic heterocycles. The molecule has 0 aliphatic rings. The Morgan fingerprint density at radius 1 is 1.36 bits per heavy atom. The molecule has 3 nitrogen and oxygen atoms in total. The fraction of sp³-hybridized carbons (Fsp3) is 0.364. The van der Waals surface area contributed by atoms with E-state index in [1.807, 2.05) is 19.1 Å². The first-order chi connectivity index (χ1) is 6.58. The highest BCUT2D eigenvalue weighted by atomic mass is 16.4. The van der Waals surface area contributed by atoms with Crippen molar-refractivity contribution in [2.24, 2.45) is 0 Å². The lowest BCUT2D eigenvalue weighted by Gasteiger charge is -2.08. The molecule has 1 heterocycles. The molecular weight excluding hydrogens is 178 g/mol. The van der Waals surface area contributed by atoms with Gasteiger partial charge in [-0.3, -0.25) is 4.98 Å². The Balaban J connectivity index is 2.76. The Kier molecular flexibility index (Phi) is 1.95. The third-order valence-electron chi connectivity index (χ3n) is 2.43. The van der Waals surface area contributed by atoms with E-state index in [0.717, 1.165) is 5.52 Å². The molecule has 0 saturated carbocycles. The van der Waals surface area contributed by atoms with E-state index >= 15 is 0 Å². The fourth-order valence-corrected chi connectivity index (χ4v) is 1.74. The Hall–Kier alpha value is -1.51. The third-order valence-corrected chi connectivity index (χ3v) is 2.43.